The molecule has 0 aromatic heterocycles. The van der Waals surface area contributed by atoms with Gasteiger partial charge in [0.05, 0.1) is 22.3 Å². The van der Waals surface area contributed by atoms with Gasteiger partial charge in [-0.3, -0.25) is 24.6 Å². The Morgan fingerprint density at radius 2 is 1.90 bits per heavy atom. The predicted molar refractivity (Wildman–Crippen MR) is 102 cm³/mol. The van der Waals surface area contributed by atoms with Crippen LogP contribution in [0.3, 0.4) is 0 Å². The molecule has 0 atom stereocenters. The molecule has 148 valence electrons. The fourth-order valence-corrected chi connectivity index (χ4v) is 3.38. The van der Waals surface area contributed by atoms with Gasteiger partial charge in [-0.1, -0.05) is 24.3 Å². The van der Waals surface area contributed by atoms with E-state index in [4.69, 9.17) is 4.74 Å². The molecule has 3 rings (SSSR count). The first-order valence-electron chi connectivity index (χ1n) is 8.25. The third-order valence-electron chi connectivity index (χ3n) is 3.87. The number of aliphatic carboxylic acids is 1. The van der Waals surface area contributed by atoms with Crippen LogP contribution in [0.5, 0.6) is 5.75 Å². The lowest BCUT2D eigenvalue weighted by atomic mass is 10.2. The van der Waals surface area contributed by atoms with E-state index in [0.717, 1.165) is 16.7 Å². The van der Waals surface area contributed by atoms with E-state index in [0.29, 0.717) is 16.9 Å². The number of carbonyl (C=O) groups is 3. The third kappa shape index (κ3) is 4.99. The van der Waals surface area contributed by atoms with Crippen molar-refractivity contribution in [1.82, 2.24) is 4.90 Å². The second kappa shape index (κ2) is 8.57. The summed E-state index contributed by atoms with van der Waals surface area (Å²) in [6.07, 6.45) is 1.53. The average Bonchev–Trinajstić information content (AvgIpc) is 2.95. The van der Waals surface area contributed by atoms with Crippen molar-refractivity contribution in [3.63, 3.8) is 0 Å². The standard InChI is InChI=1S/C19H14N2O7S/c22-17(23)11-28-15-6-4-12(5-7-15)9-16-18(24)20(19(25)29-16)10-13-2-1-3-14(8-13)21(26)27/h1-9H,10-11H2,(H,22,23)/p-1/b16-9+. The van der Waals surface area contributed by atoms with Gasteiger partial charge in [-0.2, -0.15) is 0 Å². The molecule has 2 amide bonds. The Bertz CT molecular complexity index is 1020. The number of benzene rings is 2. The number of nitrogens with zero attached hydrogens (tertiary/aromatic N) is 2. The number of imide groups is 1. The normalized spacial score (nSPS) is 15.0. The van der Waals surface area contributed by atoms with E-state index in [2.05, 4.69) is 0 Å². The highest BCUT2D eigenvalue weighted by Gasteiger charge is 2.35. The molecular formula is C19H13N2O7S-. The number of rotatable bonds is 7. The van der Waals surface area contributed by atoms with Crippen LogP contribution < -0.4 is 9.84 Å². The van der Waals surface area contributed by atoms with E-state index in [-0.39, 0.29) is 17.1 Å². The molecule has 0 spiro atoms. The molecule has 9 nitrogen and oxygen atoms in total. The molecule has 2 aromatic rings. The lowest BCUT2D eigenvalue weighted by Crippen LogP contribution is -2.28. The van der Waals surface area contributed by atoms with Crippen LogP contribution in [0, 0.1) is 10.1 Å². The smallest absolute Gasteiger partial charge is 0.293 e. The number of nitro benzene ring substituents is 1. The zero-order chi connectivity index (χ0) is 21.0. The summed E-state index contributed by atoms with van der Waals surface area (Å²) in [6.45, 7) is -0.643. The first kappa shape index (κ1) is 20.1. The van der Waals surface area contributed by atoms with Gasteiger partial charge in [0.25, 0.3) is 16.8 Å². The minimum Gasteiger partial charge on any atom is -0.546 e. The van der Waals surface area contributed by atoms with Gasteiger partial charge in [0.15, 0.2) is 0 Å². The fourth-order valence-electron chi connectivity index (χ4n) is 2.54. The summed E-state index contributed by atoms with van der Waals surface area (Å²) in [7, 11) is 0. The van der Waals surface area contributed by atoms with Crippen LogP contribution in [-0.4, -0.2) is 33.5 Å². The third-order valence-corrected chi connectivity index (χ3v) is 4.78. The van der Waals surface area contributed by atoms with Gasteiger partial charge in [-0.15, -0.1) is 0 Å². The molecule has 10 heteroatoms. The van der Waals surface area contributed by atoms with Crippen molar-refractivity contribution < 1.29 is 29.2 Å². The molecular weight excluding hydrogens is 400 g/mol. The van der Waals surface area contributed by atoms with Crippen LogP contribution in [0.1, 0.15) is 11.1 Å². The minimum atomic E-state index is -1.34. The second-order valence-electron chi connectivity index (χ2n) is 5.92. The first-order chi connectivity index (χ1) is 13.8. The average molecular weight is 413 g/mol. The lowest BCUT2D eigenvalue weighted by molar-refractivity contribution is -0.384. The van der Waals surface area contributed by atoms with Crippen LogP contribution >= 0.6 is 11.8 Å². The Hall–Kier alpha value is -3.66. The Kier molecular flexibility index (Phi) is 5.93. The highest BCUT2D eigenvalue weighted by molar-refractivity contribution is 8.18. The van der Waals surface area contributed by atoms with Gasteiger partial charge < -0.3 is 14.6 Å². The Morgan fingerprint density at radius 3 is 2.55 bits per heavy atom. The maximum absolute atomic E-state index is 12.6. The number of carboxylic acids is 1. The molecule has 1 aliphatic heterocycles. The summed E-state index contributed by atoms with van der Waals surface area (Å²) in [6, 6.07) is 12.0. The zero-order valence-electron chi connectivity index (χ0n) is 14.8. The molecule has 0 N–H and O–H groups in total. The van der Waals surface area contributed by atoms with E-state index >= 15 is 0 Å². The molecule has 0 unspecified atom stereocenters. The molecule has 0 aliphatic carbocycles. The maximum atomic E-state index is 12.6. The molecule has 1 fully saturated rings. The van der Waals surface area contributed by atoms with E-state index in [1.165, 1.54) is 36.4 Å². The lowest BCUT2D eigenvalue weighted by Gasteiger charge is -2.12. The topological polar surface area (TPSA) is 130 Å². The van der Waals surface area contributed by atoms with Gasteiger partial charge in [-0.05, 0) is 41.1 Å². The zero-order valence-corrected chi connectivity index (χ0v) is 15.6. The summed E-state index contributed by atoms with van der Waals surface area (Å²) in [5.74, 6) is -1.51. The summed E-state index contributed by atoms with van der Waals surface area (Å²) in [5.41, 5.74) is 0.967. The Labute approximate surface area is 168 Å². The Balaban J connectivity index is 1.72. The molecule has 0 saturated carbocycles. The molecule has 1 saturated heterocycles. The number of amides is 2. The molecule has 29 heavy (non-hydrogen) atoms. The van der Waals surface area contributed by atoms with E-state index < -0.39 is 28.6 Å². The van der Waals surface area contributed by atoms with Gasteiger partial charge >= 0.3 is 0 Å². The number of hydrogen-bond donors (Lipinski definition) is 0. The second-order valence-corrected chi connectivity index (χ2v) is 6.92. The van der Waals surface area contributed by atoms with Crippen molar-refractivity contribution in [3.05, 3.63) is 74.7 Å². The summed E-state index contributed by atoms with van der Waals surface area (Å²) >= 11 is 0.772. The first-order valence-corrected chi connectivity index (χ1v) is 9.06. The van der Waals surface area contributed by atoms with Crippen LogP contribution in [0.15, 0.2) is 53.4 Å². The largest absolute Gasteiger partial charge is 0.546 e. The highest BCUT2D eigenvalue weighted by Crippen LogP contribution is 2.33. The number of nitro groups is 1. The van der Waals surface area contributed by atoms with Crippen LogP contribution in [-0.2, 0) is 16.1 Å². The van der Waals surface area contributed by atoms with E-state index in [1.807, 2.05) is 0 Å². The maximum Gasteiger partial charge on any atom is 0.293 e. The van der Waals surface area contributed by atoms with Crippen molar-refractivity contribution in [2.24, 2.45) is 0 Å². The number of non-ortho nitro benzene ring substituents is 1. The summed E-state index contributed by atoms with van der Waals surface area (Å²) in [4.78, 5) is 46.8. The molecule has 1 aliphatic rings. The van der Waals surface area contributed by atoms with Gasteiger partial charge in [0, 0.05) is 12.1 Å². The number of thioether (sulfide) groups is 1. The number of carbonyl (C=O) groups excluding carboxylic acids is 3. The van der Waals surface area contributed by atoms with Gasteiger partial charge in [-0.25, -0.2) is 0 Å². The fraction of sp³-hybridized carbons (Fsp3) is 0.105. The van der Waals surface area contributed by atoms with Gasteiger partial charge in [0.2, 0.25) is 0 Å². The monoisotopic (exact) mass is 413 g/mol. The predicted octanol–water partition coefficient (Wildman–Crippen LogP) is 1.96. The SMILES string of the molecule is O=C([O-])COc1ccc(/C=C2/SC(=O)N(Cc3cccc([N+](=O)[O-])c3)C2=O)cc1. The molecule has 0 radical (unpaired) electrons. The summed E-state index contributed by atoms with van der Waals surface area (Å²) < 4.78 is 4.98. The van der Waals surface area contributed by atoms with Crippen molar-refractivity contribution in [3.8, 4) is 5.75 Å². The van der Waals surface area contributed by atoms with Crippen LogP contribution in [0.2, 0.25) is 0 Å². The minimum absolute atomic E-state index is 0.0698. The van der Waals surface area contributed by atoms with Crippen molar-refractivity contribution in [2.75, 3.05) is 6.61 Å². The van der Waals surface area contributed by atoms with Gasteiger partial charge in [0.1, 0.15) is 12.4 Å². The Morgan fingerprint density at radius 1 is 1.17 bits per heavy atom. The molecule has 0 bridgehead atoms. The molecule has 2 aromatic carbocycles. The van der Waals surface area contributed by atoms with Crippen molar-refractivity contribution >= 4 is 40.6 Å². The number of carboxylic acid groups (broad SMARTS) is 1. The highest BCUT2D eigenvalue weighted by atomic mass is 32.2. The van der Waals surface area contributed by atoms with Crippen LogP contribution in [0.4, 0.5) is 10.5 Å². The van der Waals surface area contributed by atoms with Crippen molar-refractivity contribution in [1.29, 1.82) is 0 Å². The molecule has 1 heterocycles. The summed E-state index contributed by atoms with van der Waals surface area (Å²) in [5, 5.41) is 20.8. The number of hydrogen-bond acceptors (Lipinski definition) is 8. The van der Waals surface area contributed by atoms with E-state index in [1.54, 1.807) is 18.2 Å². The van der Waals surface area contributed by atoms with E-state index in [9.17, 15) is 29.6 Å². The van der Waals surface area contributed by atoms with Crippen molar-refractivity contribution in [2.45, 2.75) is 6.54 Å². The quantitative estimate of drug-likeness (QED) is 0.382. The van der Waals surface area contributed by atoms with Crippen LogP contribution in [0.25, 0.3) is 6.08 Å². The number of ether oxygens (including phenoxy) is 1.